The molecule has 1 aromatic carbocycles. The van der Waals surface area contributed by atoms with Crippen molar-refractivity contribution in [1.29, 1.82) is 0 Å². The number of primary amides is 1. The van der Waals surface area contributed by atoms with Crippen LogP contribution in [0.1, 0.15) is 33.4 Å². The third kappa shape index (κ3) is 5.59. The van der Waals surface area contributed by atoms with E-state index >= 15 is 0 Å². The van der Waals surface area contributed by atoms with Gasteiger partial charge in [-0.05, 0) is 30.2 Å². The number of nitrogens with two attached hydrogens (primary N) is 1. The van der Waals surface area contributed by atoms with Crippen molar-refractivity contribution in [3.63, 3.8) is 0 Å². The first-order chi connectivity index (χ1) is 15.4. The van der Waals surface area contributed by atoms with Crippen molar-refractivity contribution in [3.05, 3.63) is 35.0 Å². The molecule has 2 aromatic rings. The van der Waals surface area contributed by atoms with Gasteiger partial charge in [-0.3, -0.25) is 4.79 Å². The number of aromatic nitrogens is 2. The molecule has 0 bridgehead atoms. The van der Waals surface area contributed by atoms with Gasteiger partial charge in [0.05, 0.1) is 10.6 Å². The van der Waals surface area contributed by atoms with Crippen molar-refractivity contribution >= 4 is 46.7 Å². The van der Waals surface area contributed by atoms with E-state index in [1.807, 2.05) is 39.8 Å². The number of benzene rings is 1. The van der Waals surface area contributed by atoms with E-state index in [2.05, 4.69) is 27.2 Å². The molecule has 3 N–H and O–H groups in total. The Kier molecular flexibility index (Phi) is 8.48. The Morgan fingerprint density at radius 1 is 1.09 bits per heavy atom. The van der Waals surface area contributed by atoms with E-state index in [1.54, 1.807) is 11.8 Å². The Bertz CT molecular complexity index is 915. The summed E-state index contributed by atoms with van der Waals surface area (Å²) in [5, 5.41) is 4.05. The molecule has 9 heteroatoms. The summed E-state index contributed by atoms with van der Waals surface area (Å²) in [7, 11) is 0. The molecule has 1 amide bonds. The van der Waals surface area contributed by atoms with E-state index in [-0.39, 0.29) is 11.8 Å². The molecule has 2 aliphatic heterocycles. The molecule has 1 saturated heterocycles. The van der Waals surface area contributed by atoms with Gasteiger partial charge in [-0.1, -0.05) is 39.3 Å². The van der Waals surface area contributed by atoms with Crippen molar-refractivity contribution in [2.45, 2.75) is 45.1 Å². The zero-order valence-corrected chi connectivity index (χ0v) is 20.8. The van der Waals surface area contributed by atoms with Gasteiger partial charge in [-0.15, -0.1) is 11.8 Å². The summed E-state index contributed by atoms with van der Waals surface area (Å²) < 4.78 is 0. The number of carbonyl (C=O) groups excluding carboxylic acids is 1. The quantitative estimate of drug-likeness (QED) is 0.650. The summed E-state index contributed by atoms with van der Waals surface area (Å²) in [6.07, 6.45) is 0.915. The molecule has 0 aliphatic carbocycles. The highest BCUT2D eigenvalue weighted by Crippen LogP contribution is 2.37. The first-order valence-corrected chi connectivity index (χ1v) is 12.6. The number of halogens is 1. The first kappa shape index (κ1) is 24.5. The molecule has 1 unspecified atom stereocenters. The number of hydrogen-bond acceptors (Lipinski definition) is 7. The Balaban J connectivity index is 0.00000141. The van der Waals surface area contributed by atoms with E-state index in [0.717, 1.165) is 65.7 Å². The van der Waals surface area contributed by atoms with Crippen LogP contribution in [0.4, 0.5) is 17.5 Å². The Morgan fingerprint density at radius 2 is 1.72 bits per heavy atom. The summed E-state index contributed by atoms with van der Waals surface area (Å²) in [4.78, 5) is 27.2. The van der Waals surface area contributed by atoms with E-state index in [4.69, 9.17) is 27.3 Å². The second-order valence-electron chi connectivity index (χ2n) is 7.97. The van der Waals surface area contributed by atoms with Crippen LogP contribution in [-0.4, -0.2) is 53.8 Å². The summed E-state index contributed by atoms with van der Waals surface area (Å²) in [5.41, 5.74) is 7.85. The highest BCUT2D eigenvalue weighted by Gasteiger charge is 2.28. The van der Waals surface area contributed by atoms with E-state index < -0.39 is 6.04 Å². The minimum atomic E-state index is -0.459. The molecular formula is C23H33ClN6OS. The fourth-order valence-corrected chi connectivity index (χ4v) is 5.01. The normalized spacial score (nSPS) is 16.3. The van der Waals surface area contributed by atoms with Crippen molar-refractivity contribution < 1.29 is 4.79 Å². The van der Waals surface area contributed by atoms with Crippen LogP contribution in [0.2, 0.25) is 5.02 Å². The lowest BCUT2D eigenvalue weighted by atomic mass is 10.0. The third-order valence-electron chi connectivity index (χ3n) is 5.53. The van der Waals surface area contributed by atoms with Gasteiger partial charge < -0.3 is 20.9 Å². The van der Waals surface area contributed by atoms with Gasteiger partial charge in [0.2, 0.25) is 11.9 Å². The minimum absolute atomic E-state index is 0.0749. The number of thioether (sulfide) groups is 1. The predicted octanol–water partition coefficient (Wildman–Crippen LogP) is 4.05. The Labute approximate surface area is 200 Å². The molecule has 1 aromatic heterocycles. The maximum Gasteiger partial charge on any atom is 0.240 e. The number of aryl methyl sites for hydroxylation is 1. The second kappa shape index (κ2) is 11.1. The molecule has 4 rings (SSSR count). The number of nitrogens with zero attached hydrogens (tertiary/aromatic N) is 4. The van der Waals surface area contributed by atoms with Gasteiger partial charge >= 0.3 is 0 Å². The largest absolute Gasteiger partial charge is 0.368 e. The zero-order valence-electron chi connectivity index (χ0n) is 19.3. The average molecular weight is 477 g/mol. The number of rotatable bonds is 6. The minimum Gasteiger partial charge on any atom is -0.368 e. The molecule has 1 fully saturated rings. The van der Waals surface area contributed by atoms with Gasteiger partial charge in [-0.2, -0.15) is 4.98 Å². The maximum atomic E-state index is 11.9. The first-order valence-electron chi connectivity index (χ1n) is 11.3. The van der Waals surface area contributed by atoms with Gasteiger partial charge in [0.25, 0.3) is 0 Å². The standard InChI is InChI=1S/C21H27ClN6OS.C2H6/c1-13(2)17(19(23)29)25-20-18-16(7-12-30-18)24-21(26-20)28-10-8-27(9-11-28)15-5-3-14(22)4-6-15;1-2/h3-6,13,17H,7-12H2,1-2H3,(H2,23,29)(H,24,25,26);1-2H3. The molecular weight excluding hydrogens is 444 g/mol. The summed E-state index contributed by atoms with van der Waals surface area (Å²) >= 11 is 7.75. The lowest BCUT2D eigenvalue weighted by Crippen LogP contribution is -2.47. The highest BCUT2D eigenvalue weighted by molar-refractivity contribution is 7.99. The number of hydrogen-bond donors (Lipinski definition) is 2. The molecule has 3 heterocycles. The molecule has 7 nitrogen and oxygen atoms in total. The predicted molar refractivity (Wildman–Crippen MR) is 135 cm³/mol. The summed E-state index contributed by atoms with van der Waals surface area (Å²) in [6.45, 7) is 11.4. The number of fused-ring (bicyclic) bond motifs is 1. The lowest BCUT2D eigenvalue weighted by molar-refractivity contribution is -0.119. The third-order valence-corrected chi connectivity index (χ3v) is 6.91. The van der Waals surface area contributed by atoms with Crippen LogP contribution in [0.5, 0.6) is 0 Å². The van der Waals surface area contributed by atoms with Crippen LogP contribution < -0.4 is 20.9 Å². The number of carbonyl (C=O) groups is 1. The molecule has 2 aliphatic rings. The van der Waals surface area contributed by atoms with Crippen LogP contribution in [0.25, 0.3) is 0 Å². The molecule has 174 valence electrons. The van der Waals surface area contributed by atoms with Gasteiger partial charge in [0.1, 0.15) is 11.9 Å². The molecule has 0 saturated carbocycles. The van der Waals surface area contributed by atoms with Gasteiger partial charge in [-0.25, -0.2) is 4.98 Å². The fourth-order valence-electron chi connectivity index (χ4n) is 3.82. The highest BCUT2D eigenvalue weighted by atomic mass is 35.5. The Morgan fingerprint density at radius 3 is 2.31 bits per heavy atom. The summed E-state index contributed by atoms with van der Waals surface area (Å²) in [6, 6.07) is 7.50. The molecule has 32 heavy (non-hydrogen) atoms. The van der Waals surface area contributed by atoms with Crippen molar-refractivity contribution in [2.75, 3.05) is 47.0 Å². The number of anilines is 3. The zero-order chi connectivity index (χ0) is 23.3. The average Bonchev–Trinajstić information content (AvgIpc) is 3.28. The smallest absolute Gasteiger partial charge is 0.240 e. The van der Waals surface area contributed by atoms with E-state index in [9.17, 15) is 4.79 Å². The molecule has 0 spiro atoms. The van der Waals surface area contributed by atoms with Crippen LogP contribution in [0.3, 0.4) is 0 Å². The monoisotopic (exact) mass is 476 g/mol. The van der Waals surface area contributed by atoms with Crippen molar-refractivity contribution in [3.8, 4) is 0 Å². The fraction of sp³-hybridized carbons (Fsp3) is 0.522. The molecule has 0 radical (unpaired) electrons. The molecule has 1 atom stereocenters. The maximum absolute atomic E-state index is 11.9. The van der Waals surface area contributed by atoms with E-state index in [1.165, 1.54) is 5.69 Å². The van der Waals surface area contributed by atoms with Gasteiger partial charge in [0.15, 0.2) is 0 Å². The number of amides is 1. The van der Waals surface area contributed by atoms with Crippen molar-refractivity contribution in [1.82, 2.24) is 9.97 Å². The number of nitrogens with one attached hydrogen (secondary N) is 1. The second-order valence-corrected chi connectivity index (χ2v) is 9.51. The van der Waals surface area contributed by atoms with Crippen molar-refractivity contribution in [2.24, 2.45) is 11.7 Å². The topological polar surface area (TPSA) is 87.4 Å². The van der Waals surface area contributed by atoms with Crippen LogP contribution in [0, 0.1) is 5.92 Å². The van der Waals surface area contributed by atoms with Gasteiger partial charge in [0, 0.05) is 49.1 Å². The van der Waals surface area contributed by atoms with Crippen LogP contribution in [0.15, 0.2) is 29.2 Å². The lowest BCUT2D eigenvalue weighted by Gasteiger charge is -2.36. The van der Waals surface area contributed by atoms with Crippen LogP contribution in [-0.2, 0) is 11.2 Å². The van der Waals surface area contributed by atoms with Crippen LogP contribution >= 0.6 is 23.4 Å². The SMILES string of the molecule is CC.CC(C)C(Nc1nc(N2CCN(c3ccc(Cl)cc3)CC2)nc2c1SCC2)C(N)=O. The summed E-state index contributed by atoms with van der Waals surface area (Å²) in [5.74, 6) is 2.15. The Hall–Kier alpha value is -2.19. The number of piperazine rings is 1. The van der Waals surface area contributed by atoms with E-state index in [0.29, 0.717) is 0 Å².